The molecule has 0 saturated heterocycles. The third-order valence-corrected chi connectivity index (χ3v) is 6.29. The molecule has 8 nitrogen and oxygen atoms in total. The summed E-state index contributed by atoms with van der Waals surface area (Å²) in [5.74, 6) is 0.497. The van der Waals surface area contributed by atoms with Crippen LogP contribution in [0.3, 0.4) is 0 Å². The van der Waals surface area contributed by atoms with Crippen LogP contribution in [-0.2, 0) is 10.0 Å². The fraction of sp³-hybridized carbons (Fsp3) is 0.300. The van der Waals surface area contributed by atoms with Crippen molar-refractivity contribution in [3.8, 4) is 11.5 Å². The largest absolute Gasteiger partial charge is 0.493 e. The summed E-state index contributed by atoms with van der Waals surface area (Å²) in [5.41, 5.74) is 3.20. The normalized spacial score (nSPS) is 11.6. The second-order valence-electron chi connectivity index (χ2n) is 5.90. The third-order valence-electron chi connectivity index (χ3n) is 4.24. The lowest BCUT2D eigenvalue weighted by atomic mass is 10.2. The smallest absolute Gasteiger partial charge is 0.271 e. The number of hydrazone groups is 1. The minimum atomic E-state index is -3.65. The first kappa shape index (κ1) is 22.4. The van der Waals surface area contributed by atoms with Gasteiger partial charge in [0.15, 0.2) is 11.5 Å². The molecule has 0 aliphatic heterocycles. The first-order valence-electron chi connectivity index (χ1n) is 9.03. The van der Waals surface area contributed by atoms with Gasteiger partial charge in [-0.15, -0.1) is 0 Å². The van der Waals surface area contributed by atoms with Crippen molar-refractivity contribution >= 4 is 22.1 Å². The number of carbonyl (C=O) groups excluding carboxylic acids is 1. The van der Waals surface area contributed by atoms with Crippen LogP contribution in [0, 0.1) is 0 Å². The van der Waals surface area contributed by atoms with Gasteiger partial charge in [0, 0.05) is 24.2 Å². The summed E-state index contributed by atoms with van der Waals surface area (Å²) < 4.78 is 37.1. The average molecular weight is 420 g/mol. The van der Waals surface area contributed by atoms with Gasteiger partial charge in [0.1, 0.15) is 0 Å². The summed E-state index contributed by atoms with van der Waals surface area (Å²) in [6, 6.07) is 11.1. The molecule has 1 amide bonds. The van der Waals surface area contributed by atoms with Crippen molar-refractivity contribution in [1.82, 2.24) is 9.73 Å². The number of hydrogen-bond acceptors (Lipinski definition) is 6. The molecule has 2 aromatic carbocycles. The Morgan fingerprint density at radius 3 is 2.41 bits per heavy atom. The molecule has 9 heteroatoms. The summed E-state index contributed by atoms with van der Waals surface area (Å²) in [6.07, 6.45) is 1.43. The highest BCUT2D eigenvalue weighted by Crippen LogP contribution is 2.29. The van der Waals surface area contributed by atoms with Gasteiger partial charge in [-0.25, -0.2) is 13.8 Å². The van der Waals surface area contributed by atoms with Crippen molar-refractivity contribution in [3.63, 3.8) is 0 Å². The quantitative estimate of drug-likeness (QED) is 0.498. The minimum absolute atomic E-state index is 0.0623. The molecule has 0 atom stereocenters. The number of carbonyl (C=O) groups is 1. The van der Waals surface area contributed by atoms with E-state index in [2.05, 4.69) is 10.5 Å². The van der Waals surface area contributed by atoms with Gasteiger partial charge in [0.05, 0.1) is 25.3 Å². The number of ether oxygens (including phenoxy) is 2. The van der Waals surface area contributed by atoms with Gasteiger partial charge >= 0.3 is 0 Å². The van der Waals surface area contributed by atoms with Crippen molar-refractivity contribution in [2.24, 2.45) is 5.10 Å². The Kier molecular flexibility index (Phi) is 7.74. The van der Waals surface area contributed by atoms with Gasteiger partial charge in [-0.2, -0.15) is 9.41 Å². The van der Waals surface area contributed by atoms with Crippen LogP contribution in [0.15, 0.2) is 52.5 Å². The van der Waals surface area contributed by atoms with E-state index in [4.69, 9.17) is 9.47 Å². The van der Waals surface area contributed by atoms with Gasteiger partial charge in [-0.1, -0.05) is 26.0 Å². The van der Waals surface area contributed by atoms with E-state index in [0.717, 1.165) is 0 Å². The summed E-state index contributed by atoms with van der Waals surface area (Å²) in [4.78, 5) is 12.5. The van der Waals surface area contributed by atoms with E-state index in [1.54, 1.807) is 32.0 Å². The molecule has 0 aliphatic carbocycles. The Balaban J connectivity index is 2.20. The molecule has 156 valence electrons. The number of sulfonamides is 1. The lowest BCUT2D eigenvalue weighted by Crippen LogP contribution is -2.30. The number of amides is 1. The van der Waals surface area contributed by atoms with Crippen molar-refractivity contribution in [3.05, 3.63) is 53.6 Å². The fourth-order valence-corrected chi connectivity index (χ4v) is 4.25. The molecule has 0 aliphatic rings. The zero-order valence-corrected chi connectivity index (χ0v) is 17.7. The number of nitrogens with one attached hydrogen (secondary N) is 1. The SMILES string of the molecule is CCN(CC)S(=O)(=O)c1cccc(C(=O)N/N=C\c2cccc(OC)c2OC)c1. The molecule has 0 aromatic heterocycles. The predicted octanol–water partition coefficient (Wildman–Crippen LogP) is 2.50. The maximum Gasteiger partial charge on any atom is 0.271 e. The Labute approximate surface area is 171 Å². The highest BCUT2D eigenvalue weighted by molar-refractivity contribution is 7.89. The number of hydrogen-bond donors (Lipinski definition) is 1. The summed E-state index contributed by atoms with van der Waals surface area (Å²) in [7, 11) is -0.616. The maximum absolute atomic E-state index is 12.6. The van der Waals surface area contributed by atoms with Crippen molar-refractivity contribution in [2.45, 2.75) is 18.7 Å². The van der Waals surface area contributed by atoms with E-state index in [9.17, 15) is 13.2 Å². The van der Waals surface area contributed by atoms with Gasteiger partial charge in [-0.3, -0.25) is 4.79 Å². The van der Waals surface area contributed by atoms with Crippen molar-refractivity contribution in [1.29, 1.82) is 0 Å². The Morgan fingerprint density at radius 2 is 1.79 bits per heavy atom. The third kappa shape index (κ3) is 5.12. The lowest BCUT2D eigenvalue weighted by Gasteiger charge is -2.18. The van der Waals surface area contributed by atoms with Crippen LogP contribution in [0.2, 0.25) is 0 Å². The minimum Gasteiger partial charge on any atom is -0.493 e. The maximum atomic E-state index is 12.6. The van der Waals surface area contributed by atoms with E-state index in [0.29, 0.717) is 30.2 Å². The summed E-state index contributed by atoms with van der Waals surface area (Å²) >= 11 is 0. The molecule has 0 heterocycles. The highest BCUT2D eigenvalue weighted by atomic mass is 32.2. The highest BCUT2D eigenvalue weighted by Gasteiger charge is 2.22. The zero-order chi connectivity index (χ0) is 21.4. The Morgan fingerprint density at radius 1 is 1.10 bits per heavy atom. The van der Waals surface area contributed by atoms with Crippen molar-refractivity contribution < 1.29 is 22.7 Å². The number of methoxy groups -OCH3 is 2. The number of para-hydroxylation sites is 1. The van der Waals surface area contributed by atoms with Gasteiger partial charge in [0.25, 0.3) is 5.91 Å². The molecule has 2 rings (SSSR count). The van der Waals surface area contributed by atoms with Crippen LogP contribution in [0.4, 0.5) is 0 Å². The molecular formula is C20H25N3O5S. The molecule has 0 saturated carbocycles. The second kappa shape index (κ2) is 10.0. The van der Waals surface area contributed by atoms with Gasteiger partial charge in [-0.05, 0) is 30.3 Å². The van der Waals surface area contributed by atoms with Crippen LogP contribution in [0.1, 0.15) is 29.8 Å². The molecule has 0 fully saturated rings. The zero-order valence-electron chi connectivity index (χ0n) is 16.9. The molecule has 29 heavy (non-hydrogen) atoms. The monoisotopic (exact) mass is 419 g/mol. The first-order valence-corrected chi connectivity index (χ1v) is 10.5. The van der Waals surface area contributed by atoms with Crippen LogP contribution in [-0.4, -0.2) is 52.2 Å². The van der Waals surface area contributed by atoms with Crippen LogP contribution >= 0.6 is 0 Å². The molecule has 0 unspecified atom stereocenters. The average Bonchev–Trinajstić information content (AvgIpc) is 2.74. The Hall–Kier alpha value is -2.91. The van der Waals surface area contributed by atoms with E-state index in [-0.39, 0.29) is 10.5 Å². The second-order valence-corrected chi connectivity index (χ2v) is 7.84. The molecule has 1 N–H and O–H groups in total. The molecule has 0 spiro atoms. The lowest BCUT2D eigenvalue weighted by molar-refractivity contribution is 0.0955. The molecular weight excluding hydrogens is 394 g/mol. The van der Waals surface area contributed by atoms with Crippen molar-refractivity contribution in [2.75, 3.05) is 27.3 Å². The van der Waals surface area contributed by atoms with Crippen LogP contribution < -0.4 is 14.9 Å². The topological polar surface area (TPSA) is 97.3 Å². The Bertz CT molecular complexity index is 985. The number of rotatable bonds is 9. The molecule has 2 aromatic rings. The predicted molar refractivity (Wildman–Crippen MR) is 111 cm³/mol. The molecule has 0 radical (unpaired) electrons. The van der Waals surface area contributed by atoms with Gasteiger partial charge < -0.3 is 9.47 Å². The summed E-state index contributed by atoms with van der Waals surface area (Å²) in [6.45, 7) is 4.22. The van der Waals surface area contributed by atoms with E-state index in [1.807, 2.05) is 0 Å². The number of nitrogens with zero attached hydrogens (tertiary/aromatic N) is 2. The van der Waals surface area contributed by atoms with E-state index < -0.39 is 15.9 Å². The molecule has 0 bridgehead atoms. The standard InChI is InChI=1S/C20H25N3O5S/c1-5-23(6-2)29(25,26)17-11-7-9-15(13-17)20(24)22-21-14-16-10-8-12-18(27-3)19(16)28-4/h7-14H,5-6H2,1-4H3,(H,22,24)/b21-14-. The van der Waals surface area contributed by atoms with E-state index in [1.165, 1.54) is 49.0 Å². The number of benzene rings is 2. The van der Waals surface area contributed by atoms with Crippen LogP contribution in [0.25, 0.3) is 0 Å². The summed E-state index contributed by atoms with van der Waals surface area (Å²) in [5, 5.41) is 3.94. The van der Waals surface area contributed by atoms with E-state index >= 15 is 0 Å². The van der Waals surface area contributed by atoms with Gasteiger partial charge in [0.2, 0.25) is 10.0 Å². The first-order chi connectivity index (χ1) is 13.9. The van der Waals surface area contributed by atoms with Crippen LogP contribution in [0.5, 0.6) is 11.5 Å². The fourth-order valence-electron chi connectivity index (χ4n) is 2.75.